The van der Waals surface area contributed by atoms with Crippen molar-refractivity contribution in [2.75, 3.05) is 26.2 Å². The molecule has 3 nitrogen and oxygen atoms in total. The van der Waals surface area contributed by atoms with Crippen molar-refractivity contribution in [2.24, 2.45) is 11.3 Å². The highest BCUT2D eigenvalue weighted by Crippen LogP contribution is 2.20. The molecule has 1 saturated heterocycles. The quantitative estimate of drug-likeness (QED) is 0.649. The molecule has 1 rings (SSSR count). The standard InChI is InChI=1S/C10H19NO2/c1-10(2,8-13)7-11-4-3-9(5-11)6-12/h8-9,12H,3-7H2,1-2H3. The molecule has 1 aliphatic rings. The van der Waals surface area contributed by atoms with Crippen LogP contribution in [0.2, 0.25) is 0 Å². The Labute approximate surface area is 79.7 Å². The van der Waals surface area contributed by atoms with E-state index in [1.54, 1.807) is 0 Å². The Balaban J connectivity index is 2.35. The summed E-state index contributed by atoms with van der Waals surface area (Å²) in [6, 6.07) is 0. The molecule has 1 unspecified atom stereocenters. The molecule has 0 saturated carbocycles. The van der Waals surface area contributed by atoms with Crippen molar-refractivity contribution in [1.29, 1.82) is 0 Å². The van der Waals surface area contributed by atoms with Crippen molar-refractivity contribution in [2.45, 2.75) is 20.3 Å². The van der Waals surface area contributed by atoms with Gasteiger partial charge in [-0.25, -0.2) is 0 Å². The molecule has 76 valence electrons. The molecule has 3 heteroatoms. The highest BCUT2D eigenvalue weighted by Gasteiger charge is 2.27. The molecule has 0 spiro atoms. The summed E-state index contributed by atoms with van der Waals surface area (Å²) >= 11 is 0. The summed E-state index contributed by atoms with van der Waals surface area (Å²) in [5, 5.41) is 8.94. The molecule has 0 aromatic heterocycles. The average Bonchev–Trinajstić information content (AvgIpc) is 2.52. The molecule has 1 heterocycles. The number of carbonyl (C=O) groups is 1. The third kappa shape index (κ3) is 3.08. The van der Waals surface area contributed by atoms with E-state index in [1.165, 1.54) is 0 Å². The maximum absolute atomic E-state index is 10.7. The van der Waals surface area contributed by atoms with Crippen LogP contribution < -0.4 is 0 Å². The number of nitrogens with zero attached hydrogens (tertiary/aromatic N) is 1. The van der Waals surface area contributed by atoms with E-state index in [2.05, 4.69) is 4.90 Å². The Kier molecular flexibility index (Phi) is 3.45. The van der Waals surface area contributed by atoms with Gasteiger partial charge in [0.05, 0.1) is 0 Å². The van der Waals surface area contributed by atoms with Crippen LogP contribution in [0.5, 0.6) is 0 Å². The van der Waals surface area contributed by atoms with Gasteiger partial charge in [0.15, 0.2) is 0 Å². The van der Waals surface area contributed by atoms with Crippen molar-refractivity contribution in [1.82, 2.24) is 4.90 Å². The molecule has 1 atom stereocenters. The van der Waals surface area contributed by atoms with Gasteiger partial charge >= 0.3 is 0 Å². The van der Waals surface area contributed by atoms with Gasteiger partial charge in [0.1, 0.15) is 6.29 Å². The smallest absolute Gasteiger partial charge is 0.126 e. The zero-order valence-electron chi connectivity index (χ0n) is 8.49. The monoisotopic (exact) mass is 185 g/mol. The van der Waals surface area contributed by atoms with Gasteiger partial charge in [-0.15, -0.1) is 0 Å². The fourth-order valence-corrected chi connectivity index (χ4v) is 1.82. The van der Waals surface area contributed by atoms with E-state index in [1.807, 2.05) is 13.8 Å². The first kappa shape index (κ1) is 10.7. The molecular formula is C10H19NO2. The van der Waals surface area contributed by atoms with Crippen molar-refractivity contribution in [3.8, 4) is 0 Å². The van der Waals surface area contributed by atoms with Gasteiger partial charge in [-0.3, -0.25) is 0 Å². The van der Waals surface area contributed by atoms with Gasteiger partial charge in [0, 0.05) is 25.1 Å². The van der Waals surface area contributed by atoms with Gasteiger partial charge in [0.2, 0.25) is 0 Å². The highest BCUT2D eigenvalue weighted by molar-refractivity contribution is 5.58. The van der Waals surface area contributed by atoms with Crippen LogP contribution in [-0.2, 0) is 4.79 Å². The van der Waals surface area contributed by atoms with Gasteiger partial charge in [0.25, 0.3) is 0 Å². The molecule has 1 fully saturated rings. The molecule has 1 aliphatic heterocycles. The summed E-state index contributed by atoms with van der Waals surface area (Å²) in [6.45, 7) is 6.94. The fourth-order valence-electron chi connectivity index (χ4n) is 1.82. The summed E-state index contributed by atoms with van der Waals surface area (Å²) in [5.74, 6) is 0.419. The molecule has 0 aliphatic carbocycles. The Hall–Kier alpha value is -0.410. The van der Waals surface area contributed by atoms with Crippen LogP contribution in [0, 0.1) is 11.3 Å². The number of likely N-dealkylation sites (tertiary alicyclic amines) is 1. The van der Waals surface area contributed by atoms with E-state index < -0.39 is 0 Å². The second-order valence-corrected chi connectivity index (χ2v) is 4.68. The van der Waals surface area contributed by atoms with Gasteiger partial charge < -0.3 is 14.8 Å². The van der Waals surface area contributed by atoms with E-state index >= 15 is 0 Å². The van der Waals surface area contributed by atoms with Crippen LogP contribution in [0.15, 0.2) is 0 Å². The normalized spacial score (nSPS) is 25.0. The molecule has 0 bridgehead atoms. The van der Waals surface area contributed by atoms with Crippen LogP contribution in [0.3, 0.4) is 0 Å². The predicted octanol–water partition coefficient (Wildman–Crippen LogP) is 0.526. The number of rotatable bonds is 4. The zero-order chi connectivity index (χ0) is 9.90. The second kappa shape index (κ2) is 4.20. The minimum atomic E-state index is -0.246. The number of hydrogen-bond acceptors (Lipinski definition) is 3. The minimum absolute atomic E-state index is 0.246. The molecule has 0 radical (unpaired) electrons. The van der Waals surface area contributed by atoms with Crippen molar-refractivity contribution in [3.05, 3.63) is 0 Å². The number of carbonyl (C=O) groups excluding carboxylic acids is 1. The highest BCUT2D eigenvalue weighted by atomic mass is 16.3. The van der Waals surface area contributed by atoms with Crippen LogP contribution in [0.4, 0.5) is 0 Å². The van der Waals surface area contributed by atoms with Crippen LogP contribution in [0.25, 0.3) is 0 Å². The first-order valence-corrected chi connectivity index (χ1v) is 4.87. The van der Waals surface area contributed by atoms with Crippen molar-refractivity contribution < 1.29 is 9.90 Å². The van der Waals surface area contributed by atoms with Crippen LogP contribution in [0.1, 0.15) is 20.3 Å². The number of aliphatic hydroxyl groups is 1. The van der Waals surface area contributed by atoms with E-state index in [0.29, 0.717) is 5.92 Å². The zero-order valence-corrected chi connectivity index (χ0v) is 8.49. The summed E-state index contributed by atoms with van der Waals surface area (Å²) < 4.78 is 0. The maximum atomic E-state index is 10.7. The lowest BCUT2D eigenvalue weighted by atomic mass is 9.95. The Morgan fingerprint density at radius 2 is 2.31 bits per heavy atom. The lowest BCUT2D eigenvalue weighted by Crippen LogP contribution is -2.33. The molecule has 1 N–H and O–H groups in total. The topological polar surface area (TPSA) is 40.5 Å². The van der Waals surface area contributed by atoms with E-state index in [-0.39, 0.29) is 12.0 Å². The first-order chi connectivity index (χ1) is 6.07. The largest absolute Gasteiger partial charge is 0.396 e. The Morgan fingerprint density at radius 1 is 1.62 bits per heavy atom. The molecule has 13 heavy (non-hydrogen) atoms. The van der Waals surface area contributed by atoms with Crippen molar-refractivity contribution >= 4 is 6.29 Å². The Bertz CT molecular complexity index is 180. The summed E-state index contributed by atoms with van der Waals surface area (Å²) in [4.78, 5) is 12.9. The molecule has 0 amide bonds. The van der Waals surface area contributed by atoms with E-state index in [0.717, 1.165) is 32.3 Å². The summed E-state index contributed by atoms with van der Waals surface area (Å²) in [5.41, 5.74) is -0.246. The lowest BCUT2D eigenvalue weighted by molar-refractivity contribution is -0.115. The fraction of sp³-hybridized carbons (Fsp3) is 0.900. The number of aldehydes is 1. The average molecular weight is 185 g/mol. The maximum Gasteiger partial charge on any atom is 0.126 e. The second-order valence-electron chi connectivity index (χ2n) is 4.68. The lowest BCUT2D eigenvalue weighted by Gasteiger charge is -2.24. The Morgan fingerprint density at radius 3 is 2.77 bits per heavy atom. The number of aliphatic hydroxyl groups excluding tert-OH is 1. The van der Waals surface area contributed by atoms with Gasteiger partial charge in [-0.2, -0.15) is 0 Å². The SMILES string of the molecule is CC(C)(C=O)CN1CCC(CO)C1. The third-order valence-electron chi connectivity index (χ3n) is 2.58. The van der Waals surface area contributed by atoms with Crippen LogP contribution >= 0.6 is 0 Å². The summed E-state index contributed by atoms with van der Waals surface area (Å²) in [7, 11) is 0. The van der Waals surface area contributed by atoms with Crippen molar-refractivity contribution in [3.63, 3.8) is 0 Å². The third-order valence-corrected chi connectivity index (χ3v) is 2.58. The van der Waals surface area contributed by atoms with Gasteiger partial charge in [-0.05, 0) is 18.9 Å². The first-order valence-electron chi connectivity index (χ1n) is 4.87. The predicted molar refractivity (Wildman–Crippen MR) is 51.5 cm³/mol. The van der Waals surface area contributed by atoms with Crippen LogP contribution in [-0.4, -0.2) is 42.5 Å². The van der Waals surface area contributed by atoms with E-state index in [4.69, 9.17) is 5.11 Å². The number of hydrogen-bond donors (Lipinski definition) is 1. The molecular weight excluding hydrogens is 166 g/mol. The van der Waals surface area contributed by atoms with E-state index in [9.17, 15) is 4.79 Å². The summed E-state index contributed by atoms with van der Waals surface area (Å²) in [6.07, 6.45) is 2.07. The molecule has 0 aromatic rings. The van der Waals surface area contributed by atoms with Gasteiger partial charge in [-0.1, -0.05) is 13.8 Å². The molecule has 0 aromatic carbocycles. The minimum Gasteiger partial charge on any atom is -0.396 e.